The SMILES string of the molecule is C[CH]=[Ti]([Cl])([Cl])([CH]1C(C)=CC2=C1CCCC2C)[CH]1C(C)=CC2=C1CCCC2C. The minimum absolute atomic E-state index is 0.283. The van der Waals surface area contributed by atoms with Crippen molar-refractivity contribution in [2.75, 3.05) is 0 Å². The van der Waals surface area contributed by atoms with Crippen molar-refractivity contribution in [3.8, 4) is 0 Å². The summed E-state index contributed by atoms with van der Waals surface area (Å²) in [6, 6.07) is 0. The molecule has 0 spiro atoms. The second-order valence-corrected chi connectivity index (χ2v) is 24.0. The van der Waals surface area contributed by atoms with Crippen molar-refractivity contribution >= 4 is 22.9 Å². The molecule has 0 heterocycles. The predicted octanol–water partition coefficient (Wildman–Crippen LogP) is 8.54. The first kappa shape index (κ1) is 20.4. The summed E-state index contributed by atoms with van der Waals surface area (Å²) >= 11 is -4.07. The second kappa shape index (κ2) is 6.83. The van der Waals surface area contributed by atoms with Crippen molar-refractivity contribution in [2.24, 2.45) is 11.8 Å². The van der Waals surface area contributed by atoms with Crippen LogP contribution in [-0.4, -0.2) is 4.31 Å². The molecule has 0 aromatic heterocycles. The first-order valence-corrected chi connectivity index (χ1v) is 17.9. The van der Waals surface area contributed by atoms with Crippen LogP contribution in [0, 0.1) is 11.8 Å². The van der Waals surface area contributed by atoms with Crippen molar-refractivity contribution in [2.45, 2.75) is 81.6 Å². The monoisotopic (exact) mass is 440 g/mol. The molecule has 0 nitrogen and oxygen atoms in total. The van der Waals surface area contributed by atoms with E-state index in [2.05, 4.69) is 51.1 Å². The first-order chi connectivity index (χ1) is 12.7. The number of halogens is 2. The van der Waals surface area contributed by atoms with Gasteiger partial charge < -0.3 is 0 Å². The minimum atomic E-state index is -4.07. The summed E-state index contributed by atoms with van der Waals surface area (Å²) in [7, 11) is 15.7. The molecule has 0 aromatic rings. The normalized spacial score (nSPS) is 34.4. The van der Waals surface area contributed by atoms with E-state index in [1.165, 1.54) is 49.7 Å². The zero-order valence-electron chi connectivity index (χ0n) is 17.5. The van der Waals surface area contributed by atoms with Gasteiger partial charge in [0.2, 0.25) is 0 Å². The molecule has 148 valence electrons. The summed E-state index contributed by atoms with van der Waals surface area (Å²) in [5.41, 5.74) is 9.18. The zero-order valence-corrected chi connectivity index (χ0v) is 20.6. The van der Waals surface area contributed by atoms with Crippen LogP contribution in [0.1, 0.15) is 73.1 Å². The molecule has 0 aromatic carbocycles. The van der Waals surface area contributed by atoms with Gasteiger partial charge in [-0.1, -0.05) is 0 Å². The van der Waals surface area contributed by atoms with E-state index in [1.54, 1.807) is 22.3 Å². The molecule has 4 rings (SSSR count). The molecule has 0 bridgehead atoms. The number of hydrogen-bond donors (Lipinski definition) is 0. The standard InChI is InChI=1S/2C11H15.C2H4.2ClH.Ti/c2*1-8-6-10-5-3-4-9(2)11(10)7-8;1-2;;;/h2*6-7,9H,3-5H2,1-2H3;1H,2H3;2*1H;/q;;;;;+2/p-2. The third-order valence-corrected chi connectivity index (χ3v) is 21.1. The van der Waals surface area contributed by atoms with E-state index in [9.17, 15) is 0 Å². The Bertz CT molecular complexity index is 810. The topological polar surface area (TPSA) is 0 Å². The molecule has 4 aliphatic carbocycles. The molecular weight excluding hydrogens is 407 g/mol. The van der Waals surface area contributed by atoms with E-state index < -0.39 is 12.7 Å². The van der Waals surface area contributed by atoms with Crippen molar-refractivity contribution in [3.05, 3.63) is 45.6 Å². The Labute approximate surface area is 173 Å². The molecule has 4 aliphatic rings. The van der Waals surface area contributed by atoms with Gasteiger partial charge in [0.15, 0.2) is 0 Å². The molecule has 0 radical (unpaired) electrons. The summed E-state index contributed by atoms with van der Waals surface area (Å²) in [6.45, 7) is 11.5. The van der Waals surface area contributed by atoms with E-state index >= 15 is 0 Å². The molecular formula is C24H34Cl2Ti. The van der Waals surface area contributed by atoms with Crippen LogP contribution < -0.4 is 0 Å². The number of rotatable bonds is 2. The fraction of sp³-hybridized carbons (Fsp3) is 0.625. The van der Waals surface area contributed by atoms with Crippen LogP contribution in [0.25, 0.3) is 0 Å². The van der Waals surface area contributed by atoms with Gasteiger partial charge in [0.25, 0.3) is 0 Å². The van der Waals surface area contributed by atoms with Gasteiger partial charge in [0.1, 0.15) is 0 Å². The molecule has 0 N–H and O–H groups in total. The van der Waals surface area contributed by atoms with Crippen LogP contribution in [0.3, 0.4) is 0 Å². The zero-order chi connectivity index (χ0) is 19.6. The van der Waals surface area contributed by atoms with Crippen molar-refractivity contribution in [1.82, 2.24) is 0 Å². The molecule has 0 saturated heterocycles. The quantitative estimate of drug-likeness (QED) is 0.377. The van der Waals surface area contributed by atoms with Gasteiger partial charge in [0.05, 0.1) is 0 Å². The summed E-state index contributed by atoms with van der Waals surface area (Å²) < 4.78 is 2.88. The average Bonchev–Trinajstić information content (AvgIpc) is 3.14. The van der Waals surface area contributed by atoms with Gasteiger partial charge >= 0.3 is 175 Å². The third-order valence-electron chi connectivity index (χ3n) is 8.00. The fourth-order valence-corrected chi connectivity index (χ4v) is 19.4. The Morgan fingerprint density at radius 2 is 1.26 bits per heavy atom. The molecule has 0 amide bonds. The van der Waals surface area contributed by atoms with Crippen molar-refractivity contribution in [3.63, 3.8) is 0 Å². The van der Waals surface area contributed by atoms with Gasteiger partial charge in [-0.3, -0.25) is 0 Å². The Kier molecular flexibility index (Phi) is 5.16. The third kappa shape index (κ3) is 2.92. The molecule has 0 saturated carbocycles. The molecule has 4 atom stereocenters. The van der Waals surface area contributed by atoms with Crippen LogP contribution in [0.5, 0.6) is 0 Å². The summed E-state index contributed by atoms with van der Waals surface area (Å²) in [4.78, 5) is 0. The van der Waals surface area contributed by atoms with Crippen LogP contribution in [0.15, 0.2) is 45.6 Å². The Balaban J connectivity index is 1.90. The van der Waals surface area contributed by atoms with Crippen LogP contribution in [-0.2, 0) is 12.7 Å². The number of hydrogen-bond acceptors (Lipinski definition) is 0. The average molecular weight is 441 g/mol. The van der Waals surface area contributed by atoms with E-state index in [4.69, 9.17) is 18.6 Å². The van der Waals surface area contributed by atoms with Gasteiger partial charge in [0, 0.05) is 0 Å². The maximum atomic E-state index is 7.87. The molecule has 27 heavy (non-hydrogen) atoms. The molecule has 3 heteroatoms. The van der Waals surface area contributed by atoms with E-state index in [-0.39, 0.29) is 8.45 Å². The fourth-order valence-electron chi connectivity index (χ4n) is 6.76. The summed E-state index contributed by atoms with van der Waals surface area (Å²) in [6.07, 6.45) is 12.4. The van der Waals surface area contributed by atoms with Gasteiger partial charge in [-0.2, -0.15) is 0 Å². The first-order valence-electron chi connectivity index (χ1n) is 10.9. The van der Waals surface area contributed by atoms with Crippen LogP contribution in [0.2, 0.25) is 8.45 Å². The predicted molar refractivity (Wildman–Crippen MR) is 119 cm³/mol. The number of allylic oxidation sites excluding steroid dienone is 8. The van der Waals surface area contributed by atoms with E-state index in [1.807, 2.05) is 0 Å². The summed E-state index contributed by atoms with van der Waals surface area (Å²) in [5.74, 6) is 1.30. The van der Waals surface area contributed by atoms with Crippen LogP contribution in [0.4, 0.5) is 0 Å². The Hall–Kier alpha value is 0.124. The van der Waals surface area contributed by atoms with Crippen LogP contribution >= 0.6 is 18.6 Å². The van der Waals surface area contributed by atoms with Gasteiger partial charge in [-0.25, -0.2) is 0 Å². The molecule has 0 aliphatic heterocycles. The Morgan fingerprint density at radius 3 is 1.63 bits per heavy atom. The van der Waals surface area contributed by atoms with E-state index in [0.29, 0.717) is 11.8 Å². The maximum absolute atomic E-state index is 7.87. The van der Waals surface area contributed by atoms with Crippen molar-refractivity contribution in [1.29, 1.82) is 0 Å². The summed E-state index contributed by atoms with van der Waals surface area (Å²) in [5, 5.41) is 0. The van der Waals surface area contributed by atoms with E-state index in [0.717, 1.165) is 0 Å². The molecule has 0 fully saturated rings. The van der Waals surface area contributed by atoms with Crippen molar-refractivity contribution < 1.29 is 12.7 Å². The Morgan fingerprint density at radius 1 is 0.852 bits per heavy atom. The van der Waals surface area contributed by atoms with Gasteiger partial charge in [-0.15, -0.1) is 0 Å². The second-order valence-electron chi connectivity index (χ2n) is 9.71. The van der Waals surface area contributed by atoms with Gasteiger partial charge in [-0.05, 0) is 0 Å². The molecule has 4 unspecified atom stereocenters.